The summed E-state index contributed by atoms with van der Waals surface area (Å²) in [4.78, 5) is 10.4. The van der Waals surface area contributed by atoms with Crippen LogP contribution in [-0.4, -0.2) is 24.1 Å². The largest absolute Gasteiger partial charge is 0.495 e. The van der Waals surface area contributed by atoms with E-state index in [0.29, 0.717) is 12.5 Å². The number of anilines is 2. The maximum absolute atomic E-state index is 5.52. The lowest BCUT2D eigenvalue weighted by atomic mass is 10.3. The molecule has 1 aromatic heterocycles. The average Bonchev–Trinajstić information content (AvgIpc) is 2.46. The van der Waals surface area contributed by atoms with Gasteiger partial charge in [-0.3, -0.25) is 0 Å². The third-order valence-corrected chi connectivity index (χ3v) is 2.67. The minimum atomic E-state index is 0.443. The van der Waals surface area contributed by atoms with Gasteiger partial charge in [0, 0.05) is 31.5 Å². The van der Waals surface area contributed by atoms with Crippen LogP contribution in [0.25, 0.3) is 0 Å². The van der Waals surface area contributed by atoms with Gasteiger partial charge in [0.15, 0.2) is 0 Å². The van der Waals surface area contributed by atoms with Crippen LogP contribution >= 0.6 is 0 Å². The van der Waals surface area contributed by atoms with Crippen molar-refractivity contribution in [2.45, 2.75) is 6.54 Å². The highest BCUT2D eigenvalue weighted by molar-refractivity contribution is 5.64. The average molecular weight is 244 g/mol. The molecule has 18 heavy (non-hydrogen) atoms. The van der Waals surface area contributed by atoms with Crippen molar-refractivity contribution in [1.82, 2.24) is 9.97 Å². The number of rotatable bonds is 4. The Morgan fingerprint density at radius 2 is 1.89 bits per heavy atom. The first-order valence-electron chi connectivity index (χ1n) is 5.64. The fourth-order valence-corrected chi connectivity index (χ4v) is 1.64. The lowest BCUT2D eigenvalue weighted by molar-refractivity contribution is 0.415. The van der Waals surface area contributed by atoms with Crippen molar-refractivity contribution in [3.05, 3.63) is 42.2 Å². The van der Waals surface area contributed by atoms with Crippen molar-refractivity contribution in [2.24, 2.45) is 5.73 Å². The summed E-state index contributed by atoms with van der Waals surface area (Å²) in [6.45, 7) is 0.443. The second-order valence-electron chi connectivity index (χ2n) is 3.83. The zero-order valence-electron chi connectivity index (χ0n) is 10.5. The van der Waals surface area contributed by atoms with Gasteiger partial charge in [-0.25, -0.2) is 9.97 Å². The van der Waals surface area contributed by atoms with Crippen molar-refractivity contribution < 1.29 is 4.74 Å². The van der Waals surface area contributed by atoms with E-state index in [-0.39, 0.29) is 0 Å². The van der Waals surface area contributed by atoms with E-state index in [4.69, 9.17) is 10.5 Å². The standard InChI is InChI=1S/C13H16N4O/c1-17(11-5-3-4-6-12(11)18-2)13-15-8-10(7-14)9-16-13/h3-6,8-9H,7,14H2,1-2H3. The molecule has 0 aliphatic rings. The molecule has 2 aromatic rings. The van der Waals surface area contributed by atoms with Gasteiger partial charge in [-0.1, -0.05) is 12.1 Å². The number of methoxy groups -OCH3 is 1. The van der Waals surface area contributed by atoms with Crippen LogP contribution in [0, 0.1) is 0 Å². The molecule has 0 aliphatic heterocycles. The van der Waals surface area contributed by atoms with Gasteiger partial charge < -0.3 is 15.4 Å². The minimum absolute atomic E-state index is 0.443. The number of benzene rings is 1. The lowest BCUT2D eigenvalue weighted by Crippen LogP contribution is -2.14. The zero-order valence-corrected chi connectivity index (χ0v) is 10.5. The SMILES string of the molecule is COc1ccccc1N(C)c1ncc(CN)cn1. The molecular formula is C13H16N4O. The van der Waals surface area contributed by atoms with Gasteiger partial charge in [0.2, 0.25) is 5.95 Å². The quantitative estimate of drug-likeness (QED) is 0.887. The van der Waals surface area contributed by atoms with Crippen molar-refractivity contribution in [3.63, 3.8) is 0 Å². The van der Waals surface area contributed by atoms with Gasteiger partial charge in [-0.15, -0.1) is 0 Å². The van der Waals surface area contributed by atoms with Gasteiger partial charge in [-0.2, -0.15) is 0 Å². The van der Waals surface area contributed by atoms with E-state index in [1.54, 1.807) is 19.5 Å². The van der Waals surface area contributed by atoms with E-state index in [0.717, 1.165) is 17.0 Å². The van der Waals surface area contributed by atoms with Crippen LogP contribution in [0.3, 0.4) is 0 Å². The molecule has 1 aromatic carbocycles. The molecule has 0 fully saturated rings. The number of aromatic nitrogens is 2. The molecule has 0 bridgehead atoms. The molecule has 0 radical (unpaired) electrons. The molecule has 94 valence electrons. The zero-order chi connectivity index (χ0) is 13.0. The maximum Gasteiger partial charge on any atom is 0.229 e. The number of nitrogens with zero attached hydrogens (tertiary/aromatic N) is 3. The van der Waals surface area contributed by atoms with Crippen molar-refractivity contribution in [3.8, 4) is 5.75 Å². The Morgan fingerprint density at radius 1 is 1.22 bits per heavy atom. The van der Waals surface area contributed by atoms with Crippen LogP contribution in [0.5, 0.6) is 5.75 Å². The number of hydrogen-bond acceptors (Lipinski definition) is 5. The van der Waals surface area contributed by atoms with Gasteiger partial charge in [0.1, 0.15) is 5.75 Å². The lowest BCUT2D eigenvalue weighted by Gasteiger charge is -2.19. The Labute approximate surface area is 106 Å². The second-order valence-corrected chi connectivity index (χ2v) is 3.83. The Bertz CT molecular complexity index is 513. The summed E-state index contributed by atoms with van der Waals surface area (Å²) in [6.07, 6.45) is 3.46. The Hall–Kier alpha value is -2.14. The van der Waals surface area contributed by atoms with Gasteiger partial charge in [-0.05, 0) is 12.1 Å². The summed E-state index contributed by atoms with van der Waals surface area (Å²) in [7, 11) is 3.54. The molecule has 0 saturated carbocycles. The molecule has 5 heteroatoms. The highest BCUT2D eigenvalue weighted by Gasteiger charge is 2.11. The first-order chi connectivity index (χ1) is 8.76. The summed E-state index contributed by atoms with van der Waals surface area (Å²) >= 11 is 0. The Morgan fingerprint density at radius 3 is 2.50 bits per heavy atom. The topological polar surface area (TPSA) is 64.3 Å². The number of para-hydroxylation sites is 2. The van der Waals surface area contributed by atoms with Gasteiger partial charge >= 0.3 is 0 Å². The highest BCUT2D eigenvalue weighted by atomic mass is 16.5. The molecule has 0 aliphatic carbocycles. The number of hydrogen-bond donors (Lipinski definition) is 1. The molecule has 0 spiro atoms. The normalized spacial score (nSPS) is 10.2. The third kappa shape index (κ3) is 2.41. The van der Waals surface area contributed by atoms with Crippen molar-refractivity contribution in [2.75, 3.05) is 19.1 Å². The van der Waals surface area contributed by atoms with Crippen molar-refractivity contribution >= 4 is 11.6 Å². The van der Waals surface area contributed by atoms with Crippen LogP contribution in [0.2, 0.25) is 0 Å². The summed E-state index contributed by atoms with van der Waals surface area (Å²) in [5.41, 5.74) is 7.35. The van der Waals surface area contributed by atoms with E-state index < -0.39 is 0 Å². The summed E-state index contributed by atoms with van der Waals surface area (Å²) < 4.78 is 5.32. The van der Waals surface area contributed by atoms with Crippen LogP contribution in [0.15, 0.2) is 36.7 Å². The van der Waals surface area contributed by atoms with Gasteiger partial charge in [0.05, 0.1) is 12.8 Å². The maximum atomic E-state index is 5.52. The summed E-state index contributed by atoms with van der Waals surface area (Å²) in [6, 6.07) is 7.73. The molecule has 0 atom stereocenters. The van der Waals surface area contributed by atoms with Crippen LogP contribution in [0.1, 0.15) is 5.56 Å². The fourth-order valence-electron chi connectivity index (χ4n) is 1.64. The van der Waals surface area contributed by atoms with Crippen molar-refractivity contribution in [1.29, 1.82) is 0 Å². The first kappa shape index (κ1) is 12.3. The molecule has 0 amide bonds. The van der Waals surface area contributed by atoms with Crippen LogP contribution < -0.4 is 15.4 Å². The summed E-state index contributed by atoms with van der Waals surface area (Å²) in [5, 5.41) is 0. The smallest absolute Gasteiger partial charge is 0.229 e. The molecule has 1 heterocycles. The molecular weight excluding hydrogens is 228 g/mol. The molecule has 2 N–H and O–H groups in total. The van der Waals surface area contributed by atoms with E-state index in [9.17, 15) is 0 Å². The minimum Gasteiger partial charge on any atom is -0.495 e. The predicted molar refractivity (Wildman–Crippen MR) is 71.0 cm³/mol. The first-order valence-corrected chi connectivity index (χ1v) is 5.64. The molecule has 0 unspecified atom stereocenters. The third-order valence-electron chi connectivity index (χ3n) is 2.67. The van der Waals surface area contributed by atoms with E-state index >= 15 is 0 Å². The molecule has 5 nitrogen and oxygen atoms in total. The molecule has 2 rings (SSSR count). The van der Waals surface area contributed by atoms with Crippen LogP contribution in [-0.2, 0) is 6.54 Å². The van der Waals surface area contributed by atoms with Gasteiger partial charge in [0.25, 0.3) is 0 Å². The predicted octanol–water partition coefficient (Wildman–Crippen LogP) is 1.71. The van der Waals surface area contributed by atoms with E-state index in [1.165, 1.54) is 0 Å². The second kappa shape index (κ2) is 5.46. The fraction of sp³-hybridized carbons (Fsp3) is 0.231. The summed E-state index contributed by atoms with van der Waals surface area (Å²) in [5.74, 6) is 1.39. The molecule has 0 saturated heterocycles. The highest BCUT2D eigenvalue weighted by Crippen LogP contribution is 2.29. The number of ether oxygens (including phenoxy) is 1. The van der Waals surface area contributed by atoms with E-state index in [1.807, 2.05) is 36.2 Å². The number of nitrogens with two attached hydrogens (primary N) is 1. The van der Waals surface area contributed by atoms with E-state index in [2.05, 4.69) is 9.97 Å². The monoisotopic (exact) mass is 244 g/mol. The Balaban J connectivity index is 2.31. The van der Waals surface area contributed by atoms with Crippen LogP contribution in [0.4, 0.5) is 11.6 Å². The Kier molecular flexibility index (Phi) is 3.74.